The van der Waals surface area contributed by atoms with Gasteiger partial charge in [0.05, 0.1) is 33.3 Å². The van der Waals surface area contributed by atoms with Gasteiger partial charge in [-0.05, 0) is 36.4 Å². The van der Waals surface area contributed by atoms with Crippen molar-refractivity contribution in [1.82, 2.24) is 5.32 Å². The molecule has 2 rings (SSSR count). The summed E-state index contributed by atoms with van der Waals surface area (Å²) in [5.74, 6) is 0.194. The first-order valence-electron chi connectivity index (χ1n) is 8.49. The van der Waals surface area contributed by atoms with E-state index >= 15 is 0 Å². The summed E-state index contributed by atoms with van der Waals surface area (Å²) in [7, 11) is 0.670. The molecule has 1 N–H and O–H groups in total. The summed E-state index contributed by atoms with van der Waals surface area (Å²) in [4.78, 5) is 12.4. The van der Waals surface area contributed by atoms with Crippen molar-refractivity contribution < 1.29 is 31.8 Å². The first-order valence-corrected chi connectivity index (χ1v) is 10.3. The Morgan fingerprint density at radius 1 is 1.00 bits per heavy atom. The average molecular weight is 426 g/mol. The lowest BCUT2D eigenvalue weighted by molar-refractivity contribution is -0.119. The summed E-state index contributed by atoms with van der Waals surface area (Å²) in [5.41, 5.74) is 0.805. The number of nitrogens with zero attached hydrogens (tertiary/aromatic N) is 1. The predicted octanol–water partition coefficient (Wildman–Crippen LogP) is 1.93. The SMILES string of the molecule is COc1ccc(CNC(=O)CN(c2ccc(F)cc2)S(C)(=O)=O)c(OC)c1OC. The second kappa shape index (κ2) is 9.46. The molecule has 10 heteroatoms. The van der Waals surface area contributed by atoms with Gasteiger partial charge in [0.25, 0.3) is 0 Å². The van der Waals surface area contributed by atoms with Crippen molar-refractivity contribution in [1.29, 1.82) is 0 Å². The zero-order valence-corrected chi connectivity index (χ0v) is 17.4. The van der Waals surface area contributed by atoms with Crippen LogP contribution in [0.3, 0.4) is 0 Å². The van der Waals surface area contributed by atoms with Crippen molar-refractivity contribution in [3.63, 3.8) is 0 Å². The van der Waals surface area contributed by atoms with Crippen LogP contribution in [0, 0.1) is 5.82 Å². The molecule has 0 fully saturated rings. The highest BCUT2D eigenvalue weighted by molar-refractivity contribution is 7.92. The molecule has 29 heavy (non-hydrogen) atoms. The van der Waals surface area contributed by atoms with Gasteiger partial charge in [0.2, 0.25) is 21.7 Å². The van der Waals surface area contributed by atoms with E-state index in [2.05, 4.69) is 5.32 Å². The number of sulfonamides is 1. The molecule has 0 saturated carbocycles. The number of hydrogen-bond acceptors (Lipinski definition) is 6. The molecule has 0 aliphatic rings. The van der Waals surface area contributed by atoms with Crippen molar-refractivity contribution in [3.8, 4) is 17.2 Å². The van der Waals surface area contributed by atoms with E-state index in [0.717, 1.165) is 22.7 Å². The van der Waals surface area contributed by atoms with Crippen LogP contribution >= 0.6 is 0 Å². The number of benzene rings is 2. The zero-order valence-electron chi connectivity index (χ0n) is 16.6. The van der Waals surface area contributed by atoms with E-state index in [0.29, 0.717) is 22.8 Å². The van der Waals surface area contributed by atoms with Gasteiger partial charge in [-0.25, -0.2) is 12.8 Å². The van der Waals surface area contributed by atoms with Gasteiger partial charge in [0.15, 0.2) is 11.5 Å². The van der Waals surface area contributed by atoms with E-state index in [9.17, 15) is 17.6 Å². The van der Waals surface area contributed by atoms with Gasteiger partial charge in [-0.2, -0.15) is 0 Å². The van der Waals surface area contributed by atoms with Gasteiger partial charge < -0.3 is 19.5 Å². The topological polar surface area (TPSA) is 94.2 Å². The quantitative estimate of drug-likeness (QED) is 0.659. The number of halogens is 1. The van der Waals surface area contributed by atoms with Crippen LogP contribution in [0.5, 0.6) is 17.2 Å². The number of anilines is 1. The minimum Gasteiger partial charge on any atom is -0.493 e. The Kier molecular flexibility index (Phi) is 7.27. The van der Waals surface area contributed by atoms with Gasteiger partial charge in [-0.15, -0.1) is 0 Å². The van der Waals surface area contributed by atoms with Crippen LogP contribution < -0.4 is 23.8 Å². The van der Waals surface area contributed by atoms with Crippen LogP contribution in [0.25, 0.3) is 0 Å². The molecule has 2 aromatic rings. The Morgan fingerprint density at radius 2 is 1.62 bits per heavy atom. The molecule has 0 aliphatic carbocycles. The lowest BCUT2D eigenvalue weighted by atomic mass is 10.1. The fourth-order valence-electron chi connectivity index (χ4n) is 2.69. The molecule has 0 radical (unpaired) electrons. The summed E-state index contributed by atoms with van der Waals surface area (Å²) in [6.45, 7) is -0.385. The second-order valence-electron chi connectivity index (χ2n) is 6.02. The van der Waals surface area contributed by atoms with Gasteiger partial charge >= 0.3 is 0 Å². The smallest absolute Gasteiger partial charge is 0.241 e. The normalized spacial score (nSPS) is 10.9. The first-order chi connectivity index (χ1) is 13.7. The molecule has 8 nitrogen and oxygen atoms in total. The van der Waals surface area contributed by atoms with Crippen LogP contribution in [0.15, 0.2) is 36.4 Å². The molecule has 0 saturated heterocycles. The molecular weight excluding hydrogens is 403 g/mol. The van der Waals surface area contributed by atoms with Crippen LogP contribution in [0.4, 0.5) is 10.1 Å². The molecule has 0 spiro atoms. The summed E-state index contributed by atoms with van der Waals surface area (Å²) in [6, 6.07) is 8.21. The molecule has 0 aromatic heterocycles. The minimum absolute atomic E-state index is 0.0728. The maximum Gasteiger partial charge on any atom is 0.241 e. The molecule has 0 heterocycles. The Hall–Kier alpha value is -3.01. The number of methoxy groups -OCH3 is 3. The van der Waals surface area contributed by atoms with Gasteiger partial charge in [0.1, 0.15) is 12.4 Å². The van der Waals surface area contributed by atoms with Gasteiger partial charge in [-0.1, -0.05) is 0 Å². The van der Waals surface area contributed by atoms with Crippen molar-refractivity contribution in [3.05, 3.63) is 47.8 Å². The molecule has 0 unspecified atom stereocenters. The maximum atomic E-state index is 13.1. The third-order valence-corrected chi connectivity index (χ3v) is 5.20. The van der Waals surface area contributed by atoms with E-state index in [1.807, 2.05) is 0 Å². The Labute approximate surface area is 169 Å². The largest absolute Gasteiger partial charge is 0.493 e. The third-order valence-electron chi connectivity index (χ3n) is 4.06. The van der Waals surface area contributed by atoms with Crippen molar-refractivity contribution in [2.45, 2.75) is 6.54 Å². The highest BCUT2D eigenvalue weighted by Crippen LogP contribution is 2.39. The molecular formula is C19H23FN2O6S. The summed E-state index contributed by atoms with van der Waals surface area (Å²) in [6.07, 6.45) is 0.973. The number of rotatable bonds is 9. The summed E-state index contributed by atoms with van der Waals surface area (Å²) >= 11 is 0. The van der Waals surface area contributed by atoms with Crippen molar-refractivity contribution >= 4 is 21.6 Å². The Balaban J connectivity index is 2.17. The Bertz CT molecular complexity index is 963. The fraction of sp³-hybridized carbons (Fsp3) is 0.316. The molecule has 2 aromatic carbocycles. The maximum absolute atomic E-state index is 13.1. The number of amides is 1. The number of ether oxygens (including phenoxy) is 3. The standard InChI is InChI=1S/C19H23FN2O6S/c1-26-16-10-5-13(18(27-2)19(16)28-3)11-21-17(23)12-22(29(4,24)25)15-8-6-14(20)7-9-15/h5-10H,11-12H2,1-4H3,(H,21,23). The molecule has 0 bridgehead atoms. The lowest BCUT2D eigenvalue weighted by Gasteiger charge is -2.22. The first kappa shape index (κ1) is 22.3. The lowest BCUT2D eigenvalue weighted by Crippen LogP contribution is -2.40. The molecule has 0 atom stereocenters. The second-order valence-corrected chi connectivity index (χ2v) is 7.92. The van der Waals surface area contributed by atoms with Crippen LogP contribution in [-0.4, -0.2) is 48.5 Å². The average Bonchev–Trinajstić information content (AvgIpc) is 2.69. The number of carbonyl (C=O) groups excluding carboxylic acids is 1. The zero-order chi connectivity index (χ0) is 21.6. The van der Waals surface area contributed by atoms with E-state index in [-0.39, 0.29) is 12.2 Å². The van der Waals surface area contributed by atoms with Crippen molar-refractivity contribution in [2.75, 3.05) is 38.4 Å². The summed E-state index contributed by atoms with van der Waals surface area (Å²) < 4.78 is 54.1. The van der Waals surface area contributed by atoms with E-state index in [1.165, 1.54) is 33.5 Å². The van der Waals surface area contributed by atoms with Gasteiger partial charge in [0, 0.05) is 12.1 Å². The predicted molar refractivity (Wildman–Crippen MR) is 107 cm³/mol. The monoisotopic (exact) mass is 426 g/mol. The van der Waals surface area contributed by atoms with Crippen molar-refractivity contribution in [2.24, 2.45) is 0 Å². The number of hydrogen-bond donors (Lipinski definition) is 1. The fourth-order valence-corrected chi connectivity index (χ4v) is 3.55. The van der Waals surface area contributed by atoms with E-state index < -0.39 is 28.3 Å². The minimum atomic E-state index is -3.75. The molecule has 1 amide bonds. The van der Waals surface area contributed by atoms with Gasteiger partial charge in [-0.3, -0.25) is 9.10 Å². The third kappa shape index (κ3) is 5.50. The highest BCUT2D eigenvalue weighted by atomic mass is 32.2. The highest BCUT2D eigenvalue weighted by Gasteiger charge is 2.22. The molecule has 158 valence electrons. The number of nitrogens with one attached hydrogen (secondary N) is 1. The van der Waals surface area contributed by atoms with Crippen LogP contribution in [0.2, 0.25) is 0 Å². The number of carbonyl (C=O) groups is 1. The van der Waals surface area contributed by atoms with E-state index in [1.54, 1.807) is 12.1 Å². The summed E-state index contributed by atoms with van der Waals surface area (Å²) in [5, 5.41) is 2.65. The van der Waals surface area contributed by atoms with Crippen LogP contribution in [0.1, 0.15) is 5.56 Å². The van der Waals surface area contributed by atoms with E-state index in [4.69, 9.17) is 14.2 Å². The molecule has 0 aliphatic heterocycles. The van der Waals surface area contributed by atoms with Crippen LogP contribution in [-0.2, 0) is 21.4 Å². The Morgan fingerprint density at radius 3 is 2.14 bits per heavy atom.